The molecule has 0 aromatic heterocycles. The lowest BCUT2D eigenvalue weighted by molar-refractivity contribution is 0.540. The van der Waals surface area contributed by atoms with Crippen LogP contribution < -0.4 is 5.32 Å². The van der Waals surface area contributed by atoms with E-state index in [1.165, 1.54) is 35.1 Å². The predicted octanol–water partition coefficient (Wildman–Crippen LogP) is 4.70. The van der Waals surface area contributed by atoms with Gasteiger partial charge in [0, 0.05) is 12.0 Å². The van der Waals surface area contributed by atoms with E-state index in [2.05, 4.69) is 67.7 Å². The number of benzene rings is 2. The van der Waals surface area contributed by atoms with E-state index in [4.69, 9.17) is 0 Å². The van der Waals surface area contributed by atoms with Crippen molar-refractivity contribution in [3.8, 4) is 0 Å². The second kappa shape index (κ2) is 7.11. The van der Waals surface area contributed by atoms with Crippen molar-refractivity contribution in [2.75, 3.05) is 6.54 Å². The van der Waals surface area contributed by atoms with Crippen LogP contribution in [-0.2, 0) is 12.8 Å². The normalized spacial score (nSPS) is 18.0. The van der Waals surface area contributed by atoms with Gasteiger partial charge in [0.2, 0.25) is 0 Å². The SMILES string of the molecule is CCc1ccc(C(c2ccc(CC)cc2)[C@H]2CCCN2)cc1. The summed E-state index contributed by atoms with van der Waals surface area (Å²) in [6.07, 6.45) is 4.78. The van der Waals surface area contributed by atoms with Crippen LogP contribution in [0, 0.1) is 0 Å². The van der Waals surface area contributed by atoms with Gasteiger partial charge in [-0.1, -0.05) is 62.4 Å². The number of aryl methyl sites for hydroxylation is 2. The Morgan fingerprint density at radius 1 is 0.864 bits per heavy atom. The summed E-state index contributed by atoms with van der Waals surface area (Å²) in [5.41, 5.74) is 5.73. The second-order valence-electron chi connectivity index (χ2n) is 6.37. The Morgan fingerprint density at radius 3 is 1.73 bits per heavy atom. The van der Waals surface area contributed by atoms with Crippen molar-refractivity contribution >= 4 is 0 Å². The standard InChI is InChI=1S/C21H27N/c1-3-16-7-11-18(12-8-16)21(20-6-5-15-22-20)19-13-9-17(4-2)10-14-19/h7-14,20-22H,3-6,15H2,1-2H3/t20-/m1/s1. The van der Waals surface area contributed by atoms with Crippen molar-refractivity contribution in [1.82, 2.24) is 5.32 Å². The maximum Gasteiger partial charge on any atom is 0.0243 e. The molecule has 1 aliphatic rings. The zero-order valence-corrected chi connectivity index (χ0v) is 13.8. The fourth-order valence-electron chi connectivity index (χ4n) is 3.57. The molecule has 0 aliphatic carbocycles. The quantitative estimate of drug-likeness (QED) is 0.843. The van der Waals surface area contributed by atoms with Crippen molar-refractivity contribution in [3.63, 3.8) is 0 Å². The smallest absolute Gasteiger partial charge is 0.0243 e. The number of rotatable bonds is 5. The molecular weight excluding hydrogens is 266 g/mol. The Hall–Kier alpha value is -1.60. The maximum absolute atomic E-state index is 3.71. The van der Waals surface area contributed by atoms with Gasteiger partial charge in [-0.2, -0.15) is 0 Å². The van der Waals surface area contributed by atoms with Crippen LogP contribution in [0.25, 0.3) is 0 Å². The summed E-state index contributed by atoms with van der Waals surface area (Å²) in [4.78, 5) is 0. The lowest BCUT2D eigenvalue weighted by atomic mass is 9.83. The second-order valence-corrected chi connectivity index (χ2v) is 6.37. The van der Waals surface area contributed by atoms with E-state index in [9.17, 15) is 0 Å². The molecule has 1 atom stereocenters. The molecule has 1 N–H and O–H groups in total. The van der Waals surface area contributed by atoms with Crippen LogP contribution in [0.3, 0.4) is 0 Å². The van der Waals surface area contributed by atoms with Crippen molar-refractivity contribution in [2.45, 2.75) is 51.5 Å². The van der Waals surface area contributed by atoms with Crippen LogP contribution in [0.1, 0.15) is 54.9 Å². The molecule has 1 nitrogen and oxygen atoms in total. The maximum atomic E-state index is 3.71. The third-order valence-electron chi connectivity index (χ3n) is 4.99. The zero-order chi connectivity index (χ0) is 15.4. The molecule has 1 heteroatoms. The summed E-state index contributed by atoms with van der Waals surface area (Å²) >= 11 is 0. The van der Waals surface area contributed by atoms with Crippen LogP contribution in [-0.4, -0.2) is 12.6 Å². The fraction of sp³-hybridized carbons (Fsp3) is 0.429. The molecule has 1 fully saturated rings. The molecule has 0 amide bonds. The molecule has 0 radical (unpaired) electrons. The molecule has 116 valence electrons. The molecule has 1 aliphatic heterocycles. The van der Waals surface area contributed by atoms with Crippen molar-refractivity contribution in [2.24, 2.45) is 0 Å². The van der Waals surface area contributed by atoms with Gasteiger partial charge in [0.15, 0.2) is 0 Å². The monoisotopic (exact) mass is 293 g/mol. The molecule has 1 saturated heterocycles. The largest absolute Gasteiger partial charge is 0.313 e. The molecule has 0 saturated carbocycles. The molecule has 2 aromatic rings. The third kappa shape index (κ3) is 3.25. The van der Waals surface area contributed by atoms with Gasteiger partial charge >= 0.3 is 0 Å². The Labute approximate surface area is 134 Å². The van der Waals surface area contributed by atoms with E-state index in [1.807, 2.05) is 0 Å². The van der Waals surface area contributed by atoms with E-state index in [-0.39, 0.29) is 0 Å². The topological polar surface area (TPSA) is 12.0 Å². The molecule has 0 bridgehead atoms. The lowest BCUT2D eigenvalue weighted by Gasteiger charge is -2.25. The van der Waals surface area contributed by atoms with E-state index < -0.39 is 0 Å². The van der Waals surface area contributed by atoms with Gasteiger partial charge in [-0.25, -0.2) is 0 Å². The average Bonchev–Trinajstić information content (AvgIpc) is 3.10. The van der Waals surface area contributed by atoms with Crippen molar-refractivity contribution in [3.05, 3.63) is 70.8 Å². The van der Waals surface area contributed by atoms with Gasteiger partial charge in [-0.15, -0.1) is 0 Å². The molecule has 0 spiro atoms. The molecule has 0 unspecified atom stereocenters. The Kier molecular flexibility index (Phi) is 4.94. The minimum atomic E-state index is 0.472. The van der Waals surface area contributed by atoms with E-state index in [0.717, 1.165) is 19.4 Å². The zero-order valence-electron chi connectivity index (χ0n) is 13.8. The molecular formula is C21H27N. The highest BCUT2D eigenvalue weighted by Crippen LogP contribution is 2.32. The first-order chi connectivity index (χ1) is 10.8. The van der Waals surface area contributed by atoms with Crippen LogP contribution in [0.5, 0.6) is 0 Å². The van der Waals surface area contributed by atoms with Crippen LogP contribution in [0.15, 0.2) is 48.5 Å². The minimum absolute atomic E-state index is 0.472. The highest BCUT2D eigenvalue weighted by molar-refractivity contribution is 5.37. The first kappa shape index (κ1) is 15.3. The first-order valence-electron chi connectivity index (χ1n) is 8.73. The van der Waals surface area contributed by atoms with Gasteiger partial charge < -0.3 is 5.32 Å². The van der Waals surface area contributed by atoms with Crippen LogP contribution >= 0.6 is 0 Å². The van der Waals surface area contributed by atoms with Crippen molar-refractivity contribution in [1.29, 1.82) is 0 Å². The lowest BCUT2D eigenvalue weighted by Crippen LogP contribution is -2.29. The minimum Gasteiger partial charge on any atom is -0.313 e. The Balaban J connectivity index is 1.94. The first-order valence-corrected chi connectivity index (χ1v) is 8.73. The van der Waals surface area contributed by atoms with E-state index >= 15 is 0 Å². The summed E-state index contributed by atoms with van der Waals surface area (Å²) in [5, 5.41) is 3.71. The Bertz CT molecular complexity index is 529. The summed E-state index contributed by atoms with van der Waals surface area (Å²) in [7, 11) is 0. The molecule has 3 rings (SSSR count). The summed E-state index contributed by atoms with van der Waals surface area (Å²) in [6, 6.07) is 19.0. The van der Waals surface area contributed by atoms with E-state index in [1.54, 1.807) is 0 Å². The van der Waals surface area contributed by atoms with Crippen LogP contribution in [0.4, 0.5) is 0 Å². The molecule has 2 aromatic carbocycles. The third-order valence-corrected chi connectivity index (χ3v) is 4.99. The summed E-state index contributed by atoms with van der Waals surface area (Å²) < 4.78 is 0. The number of hydrogen-bond acceptors (Lipinski definition) is 1. The highest BCUT2D eigenvalue weighted by atomic mass is 14.9. The predicted molar refractivity (Wildman–Crippen MR) is 94.5 cm³/mol. The molecule has 1 heterocycles. The van der Waals surface area contributed by atoms with E-state index in [0.29, 0.717) is 12.0 Å². The van der Waals surface area contributed by atoms with Crippen LogP contribution in [0.2, 0.25) is 0 Å². The van der Waals surface area contributed by atoms with Gasteiger partial charge in [0.1, 0.15) is 0 Å². The van der Waals surface area contributed by atoms with Crippen molar-refractivity contribution < 1.29 is 0 Å². The Morgan fingerprint density at radius 2 is 1.36 bits per heavy atom. The van der Waals surface area contributed by atoms with Gasteiger partial charge in [-0.3, -0.25) is 0 Å². The number of hydrogen-bond donors (Lipinski definition) is 1. The van der Waals surface area contributed by atoms with Gasteiger partial charge in [0.25, 0.3) is 0 Å². The highest BCUT2D eigenvalue weighted by Gasteiger charge is 2.27. The fourth-order valence-corrected chi connectivity index (χ4v) is 3.57. The number of nitrogens with one attached hydrogen (secondary N) is 1. The van der Waals surface area contributed by atoms with Gasteiger partial charge in [0.05, 0.1) is 0 Å². The summed E-state index contributed by atoms with van der Waals surface area (Å²) in [6.45, 7) is 5.59. The summed E-state index contributed by atoms with van der Waals surface area (Å²) in [5.74, 6) is 0.472. The van der Waals surface area contributed by atoms with Gasteiger partial charge in [-0.05, 0) is 54.5 Å². The molecule has 22 heavy (non-hydrogen) atoms. The average molecular weight is 293 g/mol.